The summed E-state index contributed by atoms with van der Waals surface area (Å²) in [6.07, 6.45) is 3.32. The summed E-state index contributed by atoms with van der Waals surface area (Å²) in [5, 5.41) is 21.3. The molecule has 7 heteroatoms. The van der Waals surface area contributed by atoms with Gasteiger partial charge in [0.2, 0.25) is 11.9 Å². The van der Waals surface area contributed by atoms with E-state index in [1.54, 1.807) is 6.20 Å². The fourth-order valence-electron chi connectivity index (χ4n) is 3.80. The van der Waals surface area contributed by atoms with Gasteiger partial charge in [-0.3, -0.25) is 15.1 Å². The molecule has 1 unspecified atom stereocenters. The molecule has 0 spiro atoms. The molecule has 4 rings (SSSR count). The minimum absolute atomic E-state index is 0.144. The molecule has 176 valence electrons. The third kappa shape index (κ3) is 5.92. The second kappa shape index (κ2) is 10.2. The van der Waals surface area contributed by atoms with Gasteiger partial charge in [0.15, 0.2) is 6.19 Å². The van der Waals surface area contributed by atoms with Crippen molar-refractivity contribution in [1.29, 1.82) is 5.26 Å². The molecule has 0 saturated heterocycles. The molecule has 1 heterocycles. The van der Waals surface area contributed by atoms with Crippen LogP contribution in [0.15, 0.2) is 84.0 Å². The molecule has 0 saturated carbocycles. The highest BCUT2D eigenvalue weighted by Gasteiger charge is 2.27. The highest BCUT2D eigenvalue weighted by Crippen LogP contribution is 2.23. The lowest BCUT2D eigenvalue weighted by molar-refractivity contribution is -0.121. The molecule has 3 N–H and O–H groups in total. The molecule has 0 aliphatic carbocycles. The van der Waals surface area contributed by atoms with E-state index < -0.39 is 11.6 Å². The van der Waals surface area contributed by atoms with Gasteiger partial charge in [-0.2, -0.15) is 5.26 Å². The van der Waals surface area contributed by atoms with Crippen LogP contribution in [-0.4, -0.2) is 23.0 Å². The first-order valence-corrected chi connectivity index (χ1v) is 11.4. The summed E-state index contributed by atoms with van der Waals surface area (Å²) in [6, 6.07) is 23.6. The van der Waals surface area contributed by atoms with E-state index in [1.807, 2.05) is 99.8 Å². The molecule has 1 aromatic heterocycles. The Balaban J connectivity index is 1.56. The normalized spacial score (nSPS) is 12.7. The second-order valence-corrected chi connectivity index (χ2v) is 9.41. The van der Waals surface area contributed by atoms with Gasteiger partial charge in [0.1, 0.15) is 6.17 Å². The van der Waals surface area contributed by atoms with Crippen LogP contribution in [-0.2, 0) is 11.2 Å². The van der Waals surface area contributed by atoms with Gasteiger partial charge in [-0.25, -0.2) is 4.99 Å². The van der Waals surface area contributed by atoms with Crippen molar-refractivity contribution in [3.05, 3.63) is 84.6 Å². The Morgan fingerprint density at radius 2 is 1.83 bits per heavy atom. The van der Waals surface area contributed by atoms with E-state index >= 15 is 0 Å². The van der Waals surface area contributed by atoms with E-state index in [2.05, 4.69) is 20.9 Å². The van der Waals surface area contributed by atoms with Crippen molar-refractivity contribution in [2.75, 3.05) is 5.32 Å². The van der Waals surface area contributed by atoms with E-state index in [4.69, 9.17) is 4.99 Å². The number of amides is 1. The Morgan fingerprint density at radius 3 is 2.60 bits per heavy atom. The molecule has 4 aromatic rings. The molecule has 35 heavy (non-hydrogen) atoms. The van der Waals surface area contributed by atoms with Crippen molar-refractivity contribution >= 4 is 39.2 Å². The van der Waals surface area contributed by atoms with Gasteiger partial charge >= 0.3 is 0 Å². The highest BCUT2D eigenvalue weighted by atomic mass is 16.1. The number of guanidine groups is 1. The lowest BCUT2D eigenvalue weighted by atomic mass is 9.92. The number of nitriles is 1. The molecule has 7 nitrogen and oxygen atoms in total. The van der Waals surface area contributed by atoms with E-state index in [0.717, 1.165) is 32.9 Å². The molecule has 3 aromatic carbocycles. The molecule has 0 fully saturated rings. The van der Waals surface area contributed by atoms with Gasteiger partial charge in [-0.15, -0.1) is 0 Å². The molecule has 1 amide bonds. The molecule has 0 bridgehead atoms. The molecular formula is C28H28N6O. The Labute approximate surface area is 204 Å². The van der Waals surface area contributed by atoms with Crippen molar-refractivity contribution in [3.8, 4) is 6.19 Å². The Bertz CT molecular complexity index is 1430. The van der Waals surface area contributed by atoms with Crippen LogP contribution in [0.25, 0.3) is 21.7 Å². The number of anilines is 1. The number of aliphatic imine (C=N–C) groups is 1. The number of carbonyl (C=O) groups is 1. The summed E-state index contributed by atoms with van der Waals surface area (Å²) in [6.45, 7) is 5.97. The van der Waals surface area contributed by atoms with Crippen molar-refractivity contribution in [3.63, 3.8) is 0 Å². The quantitative estimate of drug-likeness (QED) is 0.168. The molecule has 1 atom stereocenters. The fourth-order valence-corrected chi connectivity index (χ4v) is 3.80. The smallest absolute Gasteiger partial charge is 0.226 e. The minimum Gasteiger partial charge on any atom is -0.333 e. The van der Waals surface area contributed by atoms with Crippen LogP contribution in [0, 0.1) is 16.9 Å². The average Bonchev–Trinajstić information content (AvgIpc) is 2.83. The summed E-state index contributed by atoms with van der Waals surface area (Å²) < 4.78 is 0. The molecule has 0 aliphatic rings. The molecule has 0 aliphatic heterocycles. The zero-order valence-corrected chi connectivity index (χ0v) is 20.0. The molecule has 0 radical (unpaired) electrons. The number of fused-ring (bicyclic) bond motifs is 2. The first kappa shape index (κ1) is 23.7. The summed E-state index contributed by atoms with van der Waals surface area (Å²) in [7, 11) is 0. The van der Waals surface area contributed by atoms with Crippen LogP contribution in [0.1, 0.15) is 26.3 Å². The van der Waals surface area contributed by atoms with E-state index in [0.29, 0.717) is 0 Å². The van der Waals surface area contributed by atoms with Gasteiger partial charge in [0.05, 0.1) is 17.6 Å². The zero-order chi connectivity index (χ0) is 24.8. The number of nitrogens with zero attached hydrogens (tertiary/aromatic N) is 3. The van der Waals surface area contributed by atoms with Gasteiger partial charge < -0.3 is 10.6 Å². The minimum atomic E-state index is -0.577. The van der Waals surface area contributed by atoms with E-state index in [-0.39, 0.29) is 18.3 Å². The maximum Gasteiger partial charge on any atom is 0.226 e. The predicted molar refractivity (Wildman–Crippen MR) is 141 cm³/mol. The third-order valence-electron chi connectivity index (χ3n) is 5.63. The average molecular weight is 465 g/mol. The Kier molecular flexibility index (Phi) is 6.93. The van der Waals surface area contributed by atoms with Crippen LogP contribution >= 0.6 is 0 Å². The van der Waals surface area contributed by atoms with Crippen molar-refractivity contribution < 1.29 is 4.79 Å². The summed E-state index contributed by atoms with van der Waals surface area (Å²) >= 11 is 0. The first-order valence-electron chi connectivity index (χ1n) is 11.4. The number of benzene rings is 3. The maximum absolute atomic E-state index is 13.0. The zero-order valence-electron chi connectivity index (χ0n) is 20.0. The monoisotopic (exact) mass is 464 g/mol. The van der Waals surface area contributed by atoms with E-state index in [1.165, 1.54) is 0 Å². The van der Waals surface area contributed by atoms with Gasteiger partial charge in [0, 0.05) is 17.0 Å². The van der Waals surface area contributed by atoms with Crippen molar-refractivity contribution in [2.45, 2.75) is 33.4 Å². The van der Waals surface area contributed by atoms with Crippen LogP contribution in [0.5, 0.6) is 0 Å². The van der Waals surface area contributed by atoms with Crippen molar-refractivity contribution in [1.82, 2.24) is 15.6 Å². The summed E-state index contributed by atoms with van der Waals surface area (Å²) in [5.74, 6) is 0.101. The van der Waals surface area contributed by atoms with Gasteiger partial charge in [0.25, 0.3) is 0 Å². The number of rotatable bonds is 5. The third-order valence-corrected chi connectivity index (χ3v) is 5.63. The van der Waals surface area contributed by atoms with E-state index in [9.17, 15) is 10.1 Å². The lowest BCUT2D eigenvalue weighted by Crippen LogP contribution is -2.45. The Hall–Kier alpha value is -4.44. The fraction of sp³-hybridized carbons (Fsp3) is 0.214. The number of nitrogens with one attached hydrogen (secondary N) is 3. The highest BCUT2D eigenvalue weighted by molar-refractivity contribution is 6.02. The summed E-state index contributed by atoms with van der Waals surface area (Å²) in [5.41, 5.74) is 2.11. The van der Waals surface area contributed by atoms with Crippen LogP contribution in [0.2, 0.25) is 0 Å². The number of pyridine rings is 1. The summed E-state index contributed by atoms with van der Waals surface area (Å²) in [4.78, 5) is 22.0. The van der Waals surface area contributed by atoms with Gasteiger partial charge in [-0.05, 0) is 40.6 Å². The second-order valence-electron chi connectivity index (χ2n) is 9.41. The standard InChI is InChI=1S/C28H28N6O/c1-28(2,3)26(33-25(35)17-19-13-14-20-8-4-5-9-21(20)16-19)34-27(31-18-29)32-24-12-6-11-23-22(24)10-7-15-30-23/h4-16,26H,17H2,1-3H3,(H,33,35)(H2,31,32,34). The largest absolute Gasteiger partial charge is 0.333 e. The van der Waals surface area contributed by atoms with Crippen LogP contribution in [0.4, 0.5) is 5.69 Å². The van der Waals surface area contributed by atoms with Gasteiger partial charge in [-0.1, -0.05) is 69.3 Å². The predicted octanol–water partition coefficient (Wildman–Crippen LogP) is 4.96. The molecular weight excluding hydrogens is 436 g/mol. The Morgan fingerprint density at radius 1 is 1.03 bits per heavy atom. The maximum atomic E-state index is 13.0. The van der Waals surface area contributed by atoms with Crippen LogP contribution < -0.4 is 16.0 Å². The lowest BCUT2D eigenvalue weighted by Gasteiger charge is -2.29. The number of carbonyl (C=O) groups excluding carboxylic acids is 1. The van der Waals surface area contributed by atoms with Crippen LogP contribution in [0.3, 0.4) is 0 Å². The van der Waals surface area contributed by atoms with Crippen molar-refractivity contribution in [2.24, 2.45) is 10.4 Å². The number of hydrogen-bond donors (Lipinski definition) is 3. The SMILES string of the molecule is CC(C)(C)C(/N=C(/NC#N)Nc1cccc2ncccc12)NC(=O)Cc1ccc2ccccc2c1. The first-order chi connectivity index (χ1) is 16.8. The topological polar surface area (TPSA) is 102 Å². The number of aromatic nitrogens is 1. The number of hydrogen-bond acceptors (Lipinski definition) is 4.